The molecular formula is C21H19N3O3S. The second kappa shape index (κ2) is 9.02. The smallest absolute Gasteiger partial charge is 0.230 e. The van der Waals surface area contributed by atoms with Gasteiger partial charge in [0.25, 0.3) is 0 Å². The fraction of sp³-hybridized carbons (Fsp3) is 0.190. The molecule has 0 spiro atoms. The molecule has 142 valence electrons. The lowest BCUT2D eigenvalue weighted by Gasteiger charge is -2.08. The molecule has 0 unspecified atom stereocenters. The van der Waals surface area contributed by atoms with E-state index in [1.165, 1.54) is 11.3 Å². The Morgan fingerprint density at radius 3 is 2.57 bits per heavy atom. The highest BCUT2D eigenvalue weighted by molar-refractivity contribution is 7.13. The van der Waals surface area contributed by atoms with Crippen molar-refractivity contribution >= 4 is 22.9 Å². The van der Waals surface area contributed by atoms with Gasteiger partial charge >= 0.3 is 0 Å². The van der Waals surface area contributed by atoms with Crippen LogP contribution in [-0.4, -0.2) is 25.1 Å². The zero-order valence-corrected chi connectivity index (χ0v) is 16.4. The zero-order valence-electron chi connectivity index (χ0n) is 15.6. The summed E-state index contributed by atoms with van der Waals surface area (Å²) in [5.74, 6) is 1.15. The molecule has 0 aliphatic rings. The number of carbonyl (C=O) groups is 1. The van der Waals surface area contributed by atoms with Gasteiger partial charge < -0.3 is 14.8 Å². The molecule has 28 heavy (non-hydrogen) atoms. The van der Waals surface area contributed by atoms with Crippen molar-refractivity contribution in [3.63, 3.8) is 0 Å². The average molecular weight is 393 g/mol. The Bertz CT molecular complexity index is 1010. The van der Waals surface area contributed by atoms with Gasteiger partial charge in [0.2, 0.25) is 5.91 Å². The molecular weight excluding hydrogens is 374 g/mol. The quantitative estimate of drug-likeness (QED) is 0.654. The van der Waals surface area contributed by atoms with Gasteiger partial charge in [-0.05, 0) is 35.9 Å². The molecule has 0 bridgehead atoms. The molecule has 7 heteroatoms. The molecule has 0 aliphatic carbocycles. The van der Waals surface area contributed by atoms with E-state index in [0.29, 0.717) is 29.3 Å². The van der Waals surface area contributed by atoms with E-state index in [1.807, 2.05) is 35.7 Å². The van der Waals surface area contributed by atoms with Crippen LogP contribution in [0.3, 0.4) is 0 Å². The van der Waals surface area contributed by atoms with E-state index in [1.54, 1.807) is 26.4 Å². The predicted octanol–water partition coefficient (Wildman–Crippen LogP) is 4.07. The van der Waals surface area contributed by atoms with Gasteiger partial charge in [-0.1, -0.05) is 12.1 Å². The second-order valence-electron chi connectivity index (χ2n) is 5.97. The van der Waals surface area contributed by atoms with Crippen molar-refractivity contribution in [2.75, 3.05) is 19.5 Å². The second-order valence-corrected chi connectivity index (χ2v) is 6.83. The van der Waals surface area contributed by atoms with E-state index < -0.39 is 0 Å². The Balaban J connectivity index is 1.65. The molecule has 0 radical (unpaired) electrons. The number of nitriles is 1. The monoisotopic (exact) mass is 393 g/mol. The molecule has 1 amide bonds. The van der Waals surface area contributed by atoms with Gasteiger partial charge in [-0.3, -0.25) is 4.79 Å². The van der Waals surface area contributed by atoms with Gasteiger partial charge in [-0.15, -0.1) is 11.3 Å². The van der Waals surface area contributed by atoms with Crippen LogP contribution in [-0.2, 0) is 17.6 Å². The number of rotatable bonds is 7. The number of hydrogen-bond donors (Lipinski definition) is 1. The maximum atomic E-state index is 12.3. The number of amides is 1. The molecule has 6 nitrogen and oxygen atoms in total. The Morgan fingerprint density at radius 1 is 1.14 bits per heavy atom. The first kappa shape index (κ1) is 19.4. The van der Waals surface area contributed by atoms with Crippen LogP contribution in [0.4, 0.5) is 5.69 Å². The van der Waals surface area contributed by atoms with Crippen molar-refractivity contribution in [3.05, 3.63) is 59.1 Å². The Morgan fingerprint density at radius 2 is 1.89 bits per heavy atom. The van der Waals surface area contributed by atoms with Crippen molar-refractivity contribution in [2.24, 2.45) is 0 Å². The van der Waals surface area contributed by atoms with Crippen molar-refractivity contribution in [1.82, 2.24) is 4.98 Å². The summed E-state index contributed by atoms with van der Waals surface area (Å²) in [4.78, 5) is 16.8. The average Bonchev–Trinajstić information content (AvgIpc) is 3.17. The number of nitrogens with one attached hydrogen (secondary N) is 1. The lowest BCUT2D eigenvalue weighted by Crippen LogP contribution is -2.14. The highest BCUT2D eigenvalue weighted by Gasteiger charge is 2.12. The van der Waals surface area contributed by atoms with Crippen molar-refractivity contribution in [2.45, 2.75) is 12.8 Å². The molecule has 1 N–H and O–H groups in total. The fourth-order valence-corrected chi connectivity index (χ4v) is 3.47. The lowest BCUT2D eigenvalue weighted by molar-refractivity contribution is -0.115. The number of thiazole rings is 1. The minimum atomic E-state index is -0.141. The first-order chi connectivity index (χ1) is 13.6. The van der Waals surface area contributed by atoms with Gasteiger partial charge in [0.1, 0.15) is 5.01 Å². The van der Waals surface area contributed by atoms with Crippen LogP contribution in [0.25, 0.3) is 10.6 Å². The summed E-state index contributed by atoms with van der Waals surface area (Å²) in [6, 6.07) is 14.9. The Labute approximate surface area is 167 Å². The summed E-state index contributed by atoms with van der Waals surface area (Å²) in [5, 5.41) is 14.2. The topological polar surface area (TPSA) is 84.2 Å². The number of aromatic nitrogens is 1. The van der Waals surface area contributed by atoms with E-state index in [4.69, 9.17) is 14.7 Å². The summed E-state index contributed by atoms with van der Waals surface area (Å²) in [6.45, 7) is 0. The van der Waals surface area contributed by atoms with Gasteiger partial charge in [-0.25, -0.2) is 4.98 Å². The van der Waals surface area contributed by atoms with Crippen LogP contribution in [0.5, 0.6) is 11.5 Å². The third-order valence-electron chi connectivity index (χ3n) is 4.04. The highest BCUT2D eigenvalue weighted by atomic mass is 32.1. The molecule has 0 atom stereocenters. The molecule has 1 heterocycles. The Kier molecular flexibility index (Phi) is 6.25. The first-order valence-corrected chi connectivity index (χ1v) is 9.43. The van der Waals surface area contributed by atoms with E-state index in [9.17, 15) is 4.79 Å². The molecule has 3 rings (SSSR count). The van der Waals surface area contributed by atoms with Crippen LogP contribution in [0, 0.1) is 11.3 Å². The van der Waals surface area contributed by atoms with Gasteiger partial charge in [0.05, 0.1) is 38.8 Å². The fourth-order valence-electron chi connectivity index (χ4n) is 2.66. The molecule has 3 aromatic rings. The third-order valence-corrected chi connectivity index (χ3v) is 4.98. The number of ether oxygens (including phenoxy) is 2. The van der Waals surface area contributed by atoms with Crippen LogP contribution < -0.4 is 14.8 Å². The summed E-state index contributed by atoms with van der Waals surface area (Å²) in [6.07, 6.45) is 0.537. The maximum Gasteiger partial charge on any atom is 0.230 e. The number of carbonyl (C=O) groups excluding carboxylic acids is 1. The number of methoxy groups -OCH3 is 2. The standard InChI is InChI=1S/C21H19N3O3S/c1-26-18-8-5-15(11-19(18)27-2)21-24-17(13-28-21)12-20(25)23-16-6-3-14(4-7-16)9-10-22/h3-8,11,13H,9,12H2,1-2H3,(H,23,25). The van der Waals surface area contributed by atoms with Crippen LogP contribution >= 0.6 is 11.3 Å². The largest absolute Gasteiger partial charge is 0.493 e. The van der Waals surface area contributed by atoms with Gasteiger partial charge in [-0.2, -0.15) is 5.26 Å². The predicted molar refractivity (Wildman–Crippen MR) is 109 cm³/mol. The summed E-state index contributed by atoms with van der Waals surface area (Å²) in [7, 11) is 3.18. The van der Waals surface area contributed by atoms with Crippen LogP contribution in [0.15, 0.2) is 47.8 Å². The lowest BCUT2D eigenvalue weighted by atomic mass is 10.1. The number of benzene rings is 2. The molecule has 0 saturated carbocycles. The maximum absolute atomic E-state index is 12.3. The van der Waals surface area contributed by atoms with E-state index in [-0.39, 0.29) is 12.3 Å². The first-order valence-electron chi connectivity index (χ1n) is 8.55. The normalized spacial score (nSPS) is 10.2. The van der Waals surface area contributed by atoms with Crippen LogP contribution in [0.2, 0.25) is 0 Å². The third kappa shape index (κ3) is 4.67. The highest BCUT2D eigenvalue weighted by Crippen LogP contribution is 2.33. The van der Waals surface area contributed by atoms with Gasteiger partial charge in [0.15, 0.2) is 11.5 Å². The van der Waals surface area contributed by atoms with Gasteiger partial charge in [0, 0.05) is 16.6 Å². The van der Waals surface area contributed by atoms with Crippen molar-refractivity contribution in [1.29, 1.82) is 5.26 Å². The summed E-state index contributed by atoms with van der Waals surface area (Å²) < 4.78 is 10.6. The molecule has 2 aromatic carbocycles. The molecule has 1 aromatic heterocycles. The van der Waals surface area contributed by atoms with E-state index in [0.717, 1.165) is 16.1 Å². The van der Waals surface area contributed by atoms with Crippen molar-refractivity contribution < 1.29 is 14.3 Å². The van der Waals surface area contributed by atoms with Crippen LogP contribution in [0.1, 0.15) is 11.3 Å². The summed E-state index contributed by atoms with van der Waals surface area (Å²) in [5.41, 5.74) is 3.22. The zero-order chi connectivity index (χ0) is 19.9. The summed E-state index contributed by atoms with van der Waals surface area (Å²) >= 11 is 1.47. The van der Waals surface area contributed by atoms with E-state index in [2.05, 4.69) is 16.4 Å². The molecule has 0 saturated heterocycles. The molecule has 0 fully saturated rings. The minimum absolute atomic E-state index is 0.141. The number of hydrogen-bond acceptors (Lipinski definition) is 6. The van der Waals surface area contributed by atoms with E-state index >= 15 is 0 Å². The Hall–Kier alpha value is -3.37. The molecule has 0 aliphatic heterocycles. The number of anilines is 1. The SMILES string of the molecule is COc1ccc(-c2nc(CC(=O)Nc3ccc(CC#N)cc3)cs2)cc1OC. The van der Waals surface area contributed by atoms with Crippen molar-refractivity contribution in [3.8, 4) is 28.1 Å². The number of nitrogens with zero attached hydrogens (tertiary/aromatic N) is 2. The minimum Gasteiger partial charge on any atom is -0.493 e.